The SMILES string of the molecule is Cl.Cl.NCCN.O=[PH](O)O[PH](=O)O.OCC(CO)(CO)CO. The van der Waals surface area contributed by atoms with Crippen LogP contribution in [-0.4, -0.2) is 69.7 Å². The minimum atomic E-state index is -3.20. The molecular weight excluding hydrogens is 389 g/mol. The molecule has 0 aromatic rings. The van der Waals surface area contributed by atoms with Crippen LogP contribution in [0.1, 0.15) is 0 Å². The zero-order chi connectivity index (χ0) is 16.6. The van der Waals surface area contributed by atoms with Crippen molar-refractivity contribution in [2.45, 2.75) is 0 Å². The van der Waals surface area contributed by atoms with E-state index < -0.39 is 48.4 Å². The first-order valence-corrected chi connectivity index (χ1v) is 7.79. The number of hydrogen-bond donors (Lipinski definition) is 8. The molecule has 0 radical (unpaired) electrons. The maximum Gasteiger partial charge on any atom is 0.323 e. The van der Waals surface area contributed by atoms with E-state index in [0.717, 1.165) is 0 Å². The molecule has 0 heterocycles. The molecule has 0 aliphatic heterocycles. The van der Waals surface area contributed by atoms with E-state index in [0.29, 0.717) is 13.1 Å². The van der Waals surface area contributed by atoms with E-state index in [1.165, 1.54) is 0 Å². The van der Waals surface area contributed by atoms with Crippen LogP contribution in [0.3, 0.4) is 0 Å². The molecule has 2 unspecified atom stereocenters. The van der Waals surface area contributed by atoms with E-state index in [1.807, 2.05) is 0 Å². The third-order valence-electron chi connectivity index (χ3n) is 1.68. The summed E-state index contributed by atoms with van der Waals surface area (Å²) in [7, 11) is -6.40. The van der Waals surface area contributed by atoms with Crippen LogP contribution in [0.2, 0.25) is 0 Å². The van der Waals surface area contributed by atoms with Gasteiger partial charge in [0.2, 0.25) is 0 Å². The molecule has 0 amide bonds. The summed E-state index contributed by atoms with van der Waals surface area (Å²) in [5.41, 5.74) is 8.69. The predicted molar refractivity (Wildman–Crippen MR) is 86.9 cm³/mol. The monoisotopic (exact) mass is 414 g/mol. The van der Waals surface area contributed by atoms with Crippen molar-refractivity contribution in [2.75, 3.05) is 39.5 Å². The van der Waals surface area contributed by atoms with Gasteiger partial charge in [-0.1, -0.05) is 0 Å². The van der Waals surface area contributed by atoms with Gasteiger partial charge in [0.05, 0.1) is 31.8 Å². The Balaban J connectivity index is -0.0000000670. The predicted octanol–water partition coefficient (Wildman–Crippen LogP) is -2.54. The third kappa shape index (κ3) is 25.6. The number of hydrogen-bond acceptors (Lipinski definition) is 9. The Morgan fingerprint density at radius 1 is 0.773 bits per heavy atom. The molecule has 0 aromatic heterocycles. The van der Waals surface area contributed by atoms with Crippen LogP contribution < -0.4 is 11.5 Å². The fourth-order valence-electron chi connectivity index (χ4n) is 0.375. The van der Waals surface area contributed by atoms with Crippen LogP contribution in [0.5, 0.6) is 0 Å². The summed E-state index contributed by atoms with van der Waals surface area (Å²) in [6.45, 7) is -0.431. The molecule has 0 bridgehead atoms. The van der Waals surface area contributed by atoms with E-state index in [1.54, 1.807) is 0 Å². The Morgan fingerprint density at radius 2 is 1.00 bits per heavy atom. The topological polar surface area (TPSA) is 217 Å². The lowest BCUT2D eigenvalue weighted by Gasteiger charge is -2.23. The highest BCUT2D eigenvalue weighted by atomic mass is 35.5. The summed E-state index contributed by atoms with van der Waals surface area (Å²) < 4.78 is 22.3. The van der Waals surface area contributed by atoms with Crippen molar-refractivity contribution in [3.8, 4) is 0 Å². The van der Waals surface area contributed by atoms with Gasteiger partial charge in [-0.05, 0) is 0 Å². The highest BCUT2D eigenvalue weighted by Gasteiger charge is 2.26. The molecule has 15 heteroatoms. The van der Waals surface area contributed by atoms with Crippen LogP contribution in [0.4, 0.5) is 0 Å². The van der Waals surface area contributed by atoms with Crippen LogP contribution in [-0.2, 0) is 13.4 Å². The second kappa shape index (κ2) is 23.9. The molecule has 0 spiro atoms. The van der Waals surface area contributed by atoms with Crippen LogP contribution in [0.15, 0.2) is 0 Å². The second-order valence-electron chi connectivity index (χ2n) is 3.34. The molecule has 0 rings (SSSR count). The molecule has 0 aliphatic carbocycles. The number of nitrogens with two attached hydrogens (primary N) is 2. The first kappa shape index (κ1) is 34.1. The maximum absolute atomic E-state index is 9.44. The molecule has 11 nitrogen and oxygen atoms in total. The van der Waals surface area contributed by atoms with Gasteiger partial charge in [-0.2, -0.15) is 0 Å². The van der Waals surface area contributed by atoms with E-state index in [9.17, 15) is 9.13 Å². The molecule has 0 saturated heterocycles. The molecule has 10 N–H and O–H groups in total. The highest BCUT2D eigenvalue weighted by Crippen LogP contribution is 2.30. The first-order chi connectivity index (χ1) is 9.28. The van der Waals surface area contributed by atoms with Crippen LogP contribution in [0.25, 0.3) is 0 Å². The Labute approximate surface area is 142 Å². The Morgan fingerprint density at radius 3 is 1.00 bits per heavy atom. The van der Waals surface area contributed by atoms with Crippen molar-refractivity contribution >= 4 is 41.3 Å². The largest absolute Gasteiger partial charge is 0.396 e. The van der Waals surface area contributed by atoms with Crippen molar-refractivity contribution in [3.63, 3.8) is 0 Å². The number of halogens is 2. The standard InChI is InChI=1S/C5H12O4.C2H8N2.2ClH.H4O5P2/c6-1-5(2-7,3-8)4-9;3-1-2-4;;;1-6(2)5-7(3)4/h6-9H,1-4H2;1-4H2;2*1H;6-7H,(H,1,2)(H,3,4). The smallest absolute Gasteiger partial charge is 0.323 e. The molecule has 0 saturated carbocycles. The lowest BCUT2D eigenvalue weighted by Crippen LogP contribution is -2.37. The van der Waals surface area contributed by atoms with Gasteiger partial charge in [0.1, 0.15) is 0 Å². The minimum absolute atomic E-state index is 0. The lowest BCUT2D eigenvalue weighted by molar-refractivity contribution is -0.0328. The summed E-state index contributed by atoms with van der Waals surface area (Å²) in [6.07, 6.45) is 0. The lowest BCUT2D eigenvalue weighted by atomic mass is 9.93. The second-order valence-corrected chi connectivity index (χ2v) is 5.22. The quantitative estimate of drug-likeness (QED) is 0.203. The number of aliphatic hydroxyl groups excluding tert-OH is 4. The molecule has 2 atom stereocenters. The molecule has 142 valence electrons. The van der Waals surface area contributed by atoms with E-state index in [2.05, 4.69) is 4.31 Å². The van der Waals surface area contributed by atoms with Gasteiger partial charge in [-0.25, -0.2) is 4.31 Å². The van der Waals surface area contributed by atoms with E-state index >= 15 is 0 Å². The van der Waals surface area contributed by atoms with Gasteiger partial charge in [0.15, 0.2) is 0 Å². The molecular formula is C7H26Cl2N2O9P2. The fourth-order valence-corrected chi connectivity index (χ4v) is 0.972. The zero-order valence-corrected chi connectivity index (χ0v) is 15.3. The van der Waals surface area contributed by atoms with Gasteiger partial charge < -0.3 is 41.7 Å². The summed E-state index contributed by atoms with van der Waals surface area (Å²) in [5.74, 6) is 0. The van der Waals surface area contributed by atoms with Crippen molar-refractivity contribution < 1.29 is 43.7 Å². The molecule has 22 heavy (non-hydrogen) atoms. The molecule has 0 aromatic carbocycles. The third-order valence-corrected chi connectivity index (χ3v) is 3.08. The Hall–Kier alpha value is 0.680. The van der Waals surface area contributed by atoms with Crippen molar-refractivity contribution in [1.29, 1.82) is 0 Å². The van der Waals surface area contributed by atoms with Crippen LogP contribution in [0, 0.1) is 5.41 Å². The van der Waals surface area contributed by atoms with Crippen LogP contribution >= 0.6 is 41.3 Å². The fraction of sp³-hybridized carbons (Fsp3) is 1.00. The first-order valence-electron chi connectivity index (χ1n) is 5.26. The molecule has 0 aliphatic rings. The van der Waals surface area contributed by atoms with E-state index in [-0.39, 0.29) is 24.8 Å². The van der Waals surface area contributed by atoms with E-state index in [4.69, 9.17) is 41.7 Å². The van der Waals surface area contributed by atoms with Crippen molar-refractivity contribution in [3.05, 3.63) is 0 Å². The number of rotatable bonds is 7. The van der Waals surface area contributed by atoms with Gasteiger partial charge in [0, 0.05) is 13.1 Å². The Kier molecular flexibility index (Phi) is 37.1. The van der Waals surface area contributed by atoms with Gasteiger partial charge >= 0.3 is 16.5 Å². The highest BCUT2D eigenvalue weighted by molar-refractivity contribution is 7.46. The van der Waals surface area contributed by atoms with Gasteiger partial charge in [-0.15, -0.1) is 24.8 Å². The minimum Gasteiger partial charge on any atom is -0.396 e. The number of aliphatic hydroxyl groups is 4. The summed E-state index contributed by atoms with van der Waals surface area (Å²) in [6, 6.07) is 0. The summed E-state index contributed by atoms with van der Waals surface area (Å²) >= 11 is 0. The summed E-state index contributed by atoms with van der Waals surface area (Å²) in [5, 5.41) is 34.0. The Bertz CT molecular complexity index is 231. The summed E-state index contributed by atoms with van der Waals surface area (Å²) in [4.78, 5) is 15.4. The van der Waals surface area contributed by atoms with Crippen molar-refractivity contribution in [2.24, 2.45) is 16.9 Å². The average Bonchev–Trinajstić information content (AvgIpc) is 2.41. The van der Waals surface area contributed by atoms with Gasteiger partial charge in [-0.3, -0.25) is 9.13 Å². The normalized spacial score (nSPS) is 12.2. The van der Waals surface area contributed by atoms with Crippen molar-refractivity contribution in [1.82, 2.24) is 0 Å². The van der Waals surface area contributed by atoms with Gasteiger partial charge in [0.25, 0.3) is 0 Å². The maximum atomic E-state index is 9.44. The average molecular weight is 415 g/mol. The molecule has 0 fully saturated rings. The zero-order valence-electron chi connectivity index (χ0n) is 11.6.